The van der Waals surface area contributed by atoms with Crippen molar-refractivity contribution in [3.05, 3.63) is 23.8 Å². The third kappa shape index (κ3) is 1.32. The van der Waals surface area contributed by atoms with Gasteiger partial charge >= 0.3 is 0 Å². The molecule has 12 heavy (non-hydrogen) atoms. The third-order valence-electron chi connectivity index (χ3n) is 1.66. The summed E-state index contributed by atoms with van der Waals surface area (Å²) in [5, 5.41) is 3.14. The Labute approximate surface area is 80.1 Å². The van der Waals surface area contributed by atoms with Crippen molar-refractivity contribution in [2.45, 2.75) is 9.60 Å². The standard InChI is InChI=1S/C8H7NOS2/c10-4-5-1-2-7-6(3-5)9-8(11)12-7/h1-4,8-9,11H. The highest BCUT2D eigenvalue weighted by Gasteiger charge is 2.17. The van der Waals surface area contributed by atoms with E-state index in [2.05, 4.69) is 17.9 Å². The number of hydrogen-bond donors (Lipinski definition) is 2. The second-order valence-electron chi connectivity index (χ2n) is 2.49. The minimum absolute atomic E-state index is 0.113. The maximum Gasteiger partial charge on any atom is 0.150 e. The third-order valence-corrected chi connectivity index (χ3v) is 3.05. The second kappa shape index (κ2) is 3.03. The predicted molar refractivity (Wildman–Crippen MR) is 54.1 cm³/mol. The van der Waals surface area contributed by atoms with Crippen LogP contribution in [-0.4, -0.2) is 11.0 Å². The summed E-state index contributed by atoms with van der Waals surface area (Å²) in [4.78, 5) is 11.6. The van der Waals surface area contributed by atoms with E-state index in [1.165, 1.54) is 0 Å². The highest BCUT2D eigenvalue weighted by atomic mass is 32.2. The summed E-state index contributed by atoms with van der Waals surface area (Å²) < 4.78 is 0.113. The van der Waals surface area contributed by atoms with E-state index in [-0.39, 0.29) is 4.71 Å². The topological polar surface area (TPSA) is 29.1 Å². The van der Waals surface area contributed by atoms with E-state index in [1.807, 2.05) is 18.2 Å². The van der Waals surface area contributed by atoms with Crippen LogP contribution in [0.15, 0.2) is 23.1 Å². The fraction of sp³-hybridized carbons (Fsp3) is 0.125. The number of anilines is 1. The van der Waals surface area contributed by atoms with Crippen molar-refractivity contribution in [3.63, 3.8) is 0 Å². The van der Waals surface area contributed by atoms with E-state index in [0.29, 0.717) is 5.56 Å². The molecule has 1 aromatic carbocycles. The second-order valence-corrected chi connectivity index (χ2v) is 4.50. The molecular formula is C8H7NOS2. The van der Waals surface area contributed by atoms with Crippen LogP contribution in [0.3, 0.4) is 0 Å². The zero-order valence-electron chi connectivity index (χ0n) is 6.15. The quantitative estimate of drug-likeness (QED) is 0.534. The molecule has 2 nitrogen and oxygen atoms in total. The fourth-order valence-electron chi connectivity index (χ4n) is 1.12. The van der Waals surface area contributed by atoms with Crippen molar-refractivity contribution in [3.8, 4) is 0 Å². The molecule has 0 fully saturated rings. The van der Waals surface area contributed by atoms with Gasteiger partial charge in [0.15, 0.2) is 0 Å². The summed E-state index contributed by atoms with van der Waals surface area (Å²) in [5.74, 6) is 0. The van der Waals surface area contributed by atoms with E-state index in [9.17, 15) is 4.79 Å². The summed E-state index contributed by atoms with van der Waals surface area (Å²) in [6.45, 7) is 0. The lowest BCUT2D eigenvalue weighted by atomic mass is 10.2. The predicted octanol–water partition coefficient (Wildman–Crippen LogP) is 2.23. The van der Waals surface area contributed by atoms with E-state index < -0.39 is 0 Å². The van der Waals surface area contributed by atoms with Crippen molar-refractivity contribution in [2.75, 3.05) is 5.32 Å². The molecule has 62 valence electrons. The molecular weight excluding hydrogens is 190 g/mol. The number of fused-ring (bicyclic) bond motifs is 1. The van der Waals surface area contributed by atoms with Gasteiger partial charge in [-0.2, -0.15) is 0 Å². The molecule has 4 heteroatoms. The number of carbonyl (C=O) groups is 1. The minimum atomic E-state index is 0.113. The Kier molecular flexibility index (Phi) is 2.02. The molecule has 0 aliphatic carbocycles. The van der Waals surface area contributed by atoms with Crippen molar-refractivity contribution in [1.82, 2.24) is 0 Å². The van der Waals surface area contributed by atoms with Gasteiger partial charge in [-0.3, -0.25) is 4.79 Å². The Morgan fingerprint density at radius 3 is 3.17 bits per heavy atom. The lowest BCUT2D eigenvalue weighted by molar-refractivity contribution is 0.112. The molecule has 0 bridgehead atoms. The van der Waals surface area contributed by atoms with Crippen LogP contribution in [0.5, 0.6) is 0 Å². The number of aldehydes is 1. The average molecular weight is 197 g/mol. The number of nitrogens with one attached hydrogen (secondary N) is 1. The first-order valence-electron chi connectivity index (χ1n) is 3.50. The van der Waals surface area contributed by atoms with Crippen molar-refractivity contribution in [2.24, 2.45) is 0 Å². The van der Waals surface area contributed by atoms with Gasteiger partial charge in [-0.15, -0.1) is 12.6 Å². The number of benzene rings is 1. The molecule has 0 amide bonds. The zero-order chi connectivity index (χ0) is 8.55. The molecule has 0 aromatic heterocycles. The van der Waals surface area contributed by atoms with Gasteiger partial charge < -0.3 is 5.32 Å². The van der Waals surface area contributed by atoms with Crippen molar-refractivity contribution >= 4 is 36.4 Å². The van der Waals surface area contributed by atoms with Crippen molar-refractivity contribution < 1.29 is 4.79 Å². The first-order valence-corrected chi connectivity index (χ1v) is 4.90. The molecule has 1 atom stereocenters. The van der Waals surface area contributed by atoms with Crippen LogP contribution in [-0.2, 0) is 0 Å². The molecule has 1 aliphatic heterocycles. The van der Waals surface area contributed by atoms with Crippen LogP contribution in [0.25, 0.3) is 0 Å². The molecule has 1 aliphatic rings. The van der Waals surface area contributed by atoms with Gasteiger partial charge in [0.2, 0.25) is 0 Å². The Hall–Kier alpha value is -0.610. The maximum atomic E-state index is 10.4. The average Bonchev–Trinajstić information content (AvgIpc) is 2.43. The van der Waals surface area contributed by atoms with Crippen LogP contribution in [0, 0.1) is 0 Å². The molecule has 2 rings (SSSR count). The van der Waals surface area contributed by atoms with Gasteiger partial charge in [0, 0.05) is 10.5 Å². The van der Waals surface area contributed by atoms with E-state index in [1.54, 1.807) is 11.8 Å². The van der Waals surface area contributed by atoms with Gasteiger partial charge in [0.25, 0.3) is 0 Å². The molecule has 0 saturated carbocycles. The summed E-state index contributed by atoms with van der Waals surface area (Å²) in [6, 6.07) is 5.59. The van der Waals surface area contributed by atoms with Crippen LogP contribution in [0.4, 0.5) is 5.69 Å². The molecule has 1 aromatic rings. The van der Waals surface area contributed by atoms with Gasteiger partial charge in [-0.25, -0.2) is 0 Å². The first-order chi connectivity index (χ1) is 5.79. The summed E-state index contributed by atoms with van der Waals surface area (Å²) in [7, 11) is 0. The Bertz CT molecular complexity index is 327. The highest BCUT2D eigenvalue weighted by molar-refractivity contribution is 8.10. The molecule has 1 heterocycles. The van der Waals surface area contributed by atoms with Crippen LogP contribution in [0.1, 0.15) is 10.4 Å². The van der Waals surface area contributed by atoms with Crippen molar-refractivity contribution in [1.29, 1.82) is 0 Å². The minimum Gasteiger partial charge on any atom is -0.364 e. The Balaban J connectivity index is 2.41. The Morgan fingerprint density at radius 1 is 1.58 bits per heavy atom. The van der Waals surface area contributed by atoms with Gasteiger partial charge in [-0.1, -0.05) is 17.8 Å². The van der Waals surface area contributed by atoms with E-state index in [0.717, 1.165) is 16.9 Å². The molecule has 1 N–H and O–H groups in total. The maximum absolute atomic E-state index is 10.4. The number of rotatable bonds is 1. The lowest BCUT2D eigenvalue weighted by Crippen LogP contribution is -1.99. The van der Waals surface area contributed by atoms with Gasteiger partial charge in [0.1, 0.15) is 11.0 Å². The summed E-state index contributed by atoms with van der Waals surface area (Å²) >= 11 is 5.91. The van der Waals surface area contributed by atoms with E-state index in [4.69, 9.17) is 0 Å². The molecule has 1 unspecified atom stereocenters. The fourth-order valence-corrected chi connectivity index (χ4v) is 2.42. The number of carbonyl (C=O) groups excluding carboxylic acids is 1. The largest absolute Gasteiger partial charge is 0.364 e. The van der Waals surface area contributed by atoms with Crippen LogP contribution < -0.4 is 5.32 Å². The van der Waals surface area contributed by atoms with Gasteiger partial charge in [0.05, 0.1) is 5.69 Å². The van der Waals surface area contributed by atoms with Crippen LogP contribution >= 0.6 is 24.4 Å². The SMILES string of the molecule is O=Cc1ccc2c(c1)NC(S)S2. The van der Waals surface area contributed by atoms with E-state index >= 15 is 0 Å². The molecule has 0 spiro atoms. The summed E-state index contributed by atoms with van der Waals surface area (Å²) in [6.07, 6.45) is 0.846. The monoisotopic (exact) mass is 197 g/mol. The highest BCUT2D eigenvalue weighted by Crippen LogP contribution is 2.39. The zero-order valence-corrected chi connectivity index (χ0v) is 7.86. The Morgan fingerprint density at radius 2 is 2.42 bits per heavy atom. The van der Waals surface area contributed by atoms with Gasteiger partial charge in [-0.05, 0) is 12.1 Å². The van der Waals surface area contributed by atoms with Crippen LogP contribution in [0.2, 0.25) is 0 Å². The first kappa shape index (κ1) is 8.01. The normalized spacial score (nSPS) is 19.9. The number of thiol groups is 1. The summed E-state index contributed by atoms with van der Waals surface area (Å²) in [5.41, 5.74) is 1.70. The smallest absolute Gasteiger partial charge is 0.150 e. The number of thioether (sulfide) groups is 1. The molecule has 0 radical (unpaired) electrons. The molecule has 0 saturated heterocycles. The number of hydrogen-bond acceptors (Lipinski definition) is 4. The lowest BCUT2D eigenvalue weighted by Gasteiger charge is -1.99.